The third-order valence-corrected chi connectivity index (χ3v) is 2.34. The smallest absolute Gasteiger partial charge is 0.339 e. The lowest BCUT2D eigenvalue weighted by Crippen LogP contribution is -2.09. The summed E-state index contributed by atoms with van der Waals surface area (Å²) in [5, 5.41) is 3.74. The molecule has 0 unspecified atom stereocenters. The standard InChI is InChI=1S/C13H14O2.C2H7N/c1-9(2)7-11-8-10-5-3-4-6-12(10)15-13(11)14;1-3-2/h3-6,8-9H,7H2,1-2H3;3H,1-2H3. The minimum absolute atomic E-state index is 0.206. The highest BCUT2D eigenvalue weighted by Crippen LogP contribution is 2.14. The van der Waals surface area contributed by atoms with Crippen molar-refractivity contribution >= 4 is 11.0 Å². The van der Waals surface area contributed by atoms with E-state index in [0.717, 1.165) is 17.4 Å². The van der Waals surface area contributed by atoms with E-state index in [0.29, 0.717) is 11.5 Å². The van der Waals surface area contributed by atoms with Gasteiger partial charge in [0.2, 0.25) is 0 Å². The summed E-state index contributed by atoms with van der Waals surface area (Å²) < 4.78 is 5.24. The first-order valence-electron chi connectivity index (χ1n) is 6.18. The molecule has 0 aliphatic heterocycles. The molecule has 0 saturated carbocycles. The van der Waals surface area contributed by atoms with E-state index in [1.165, 1.54) is 0 Å². The van der Waals surface area contributed by atoms with Crippen LogP contribution in [0.15, 0.2) is 39.5 Å². The molecule has 0 amide bonds. The van der Waals surface area contributed by atoms with Gasteiger partial charge in [0.1, 0.15) is 5.58 Å². The van der Waals surface area contributed by atoms with Crippen molar-refractivity contribution in [2.24, 2.45) is 5.92 Å². The summed E-state index contributed by atoms with van der Waals surface area (Å²) >= 11 is 0. The topological polar surface area (TPSA) is 42.2 Å². The van der Waals surface area contributed by atoms with Gasteiger partial charge in [0.15, 0.2) is 0 Å². The van der Waals surface area contributed by atoms with Gasteiger partial charge in [-0.1, -0.05) is 32.0 Å². The van der Waals surface area contributed by atoms with Crippen LogP contribution >= 0.6 is 0 Å². The summed E-state index contributed by atoms with van der Waals surface area (Å²) in [4.78, 5) is 11.6. The lowest BCUT2D eigenvalue weighted by Gasteiger charge is -2.04. The molecule has 0 atom stereocenters. The predicted molar refractivity (Wildman–Crippen MR) is 76.0 cm³/mol. The Hall–Kier alpha value is -1.61. The van der Waals surface area contributed by atoms with Gasteiger partial charge in [0, 0.05) is 10.9 Å². The molecule has 0 saturated heterocycles. The fraction of sp³-hybridized carbons (Fsp3) is 0.400. The molecule has 3 heteroatoms. The molecule has 18 heavy (non-hydrogen) atoms. The summed E-state index contributed by atoms with van der Waals surface area (Å²) in [6.45, 7) is 4.18. The minimum atomic E-state index is -0.206. The van der Waals surface area contributed by atoms with E-state index in [2.05, 4.69) is 19.2 Å². The summed E-state index contributed by atoms with van der Waals surface area (Å²) in [5.74, 6) is 0.467. The van der Waals surface area contributed by atoms with E-state index in [1.807, 2.05) is 44.4 Å². The molecule has 1 aromatic carbocycles. The third kappa shape index (κ3) is 4.00. The Balaban J connectivity index is 0.000000492. The van der Waals surface area contributed by atoms with E-state index in [9.17, 15) is 4.79 Å². The zero-order valence-electron chi connectivity index (χ0n) is 11.5. The molecule has 0 fully saturated rings. The largest absolute Gasteiger partial charge is 0.423 e. The molecule has 0 aliphatic carbocycles. The van der Waals surface area contributed by atoms with Crippen LogP contribution in [0.1, 0.15) is 19.4 Å². The second-order valence-corrected chi connectivity index (χ2v) is 4.69. The van der Waals surface area contributed by atoms with Crippen molar-refractivity contribution in [1.29, 1.82) is 0 Å². The van der Waals surface area contributed by atoms with E-state index in [1.54, 1.807) is 0 Å². The maximum absolute atomic E-state index is 11.6. The fourth-order valence-corrected chi connectivity index (χ4v) is 1.69. The number of hydrogen-bond acceptors (Lipinski definition) is 3. The molecule has 98 valence electrons. The highest BCUT2D eigenvalue weighted by Gasteiger charge is 2.06. The molecular weight excluding hydrogens is 226 g/mol. The van der Waals surface area contributed by atoms with Crippen molar-refractivity contribution in [3.8, 4) is 0 Å². The van der Waals surface area contributed by atoms with Crippen molar-refractivity contribution in [3.63, 3.8) is 0 Å². The van der Waals surface area contributed by atoms with Gasteiger partial charge in [0.05, 0.1) is 0 Å². The molecule has 0 spiro atoms. The molecule has 0 radical (unpaired) electrons. The zero-order chi connectivity index (χ0) is 13.5. The van der Waals surface area contributed by atoms with Crippen LogP contribution in [-0.4, -0.2) is 14.1 Å². The van der Waals surface area contributed by atoms with E-state index in [4.69, 9.17) is 4.42 Å². The van der Waals surface area contributed by atoms with Crippen LogP contribution < -0.4 is 10.9 Å². The zero-order valence-corrected chi connectivity index (χ0v) is 11.5. The monoisotopic (exact) mass is 247 g/mol. The molecular formula is C15H21NO2. The maximum atomic E-state index is 11.6. The van der Waals surface area contributed by atoms with E-state index < -0.39 is 0 Å². The fourth-order valence-electron chi connectivity index (χ4n) is 1.69. The van der Waals surface area contributed by atoms with Gasteiger partial charge >= 0.3 is 5.63 Å². The summed E-state index contributed by atoms with van der Waals surface area (Å²) in [7, 11) is 3.75. The number of rotatable bonds is 2. The highest BCUT2D eigenvalue weighted by molar-refractivity contribution is 5.76. The van der Waals surface area contributed by atoms with Crippen LogP contribution in [-0.2, 0) is 6.42 Å². The van der Waals surface area contributed by atoms with Gasteiger partial charge < -0.3 is 9.73 Å². The van der Waals surface area contributed by atoms with Crippen LogP contribution in [0, 0.1) is 5.92 Å². The van der Waals surface area contributed by atoms with Gasteiger partial charge in [-0.05, 0) is 38.6 Å². The Morgan fingerprint density at radius 1 is 1.22 bits per heavy atom. The molecule has 1 heterocycles. The van der Waals surface area contributed by atoms with E-state index in [-0.39, 0.29) is 5.63 Å². The number of nitrogens with one attached hydrogen (secondary N) is 1. The SMILES string of the molecule is CC(C)Cc1cc2ccccc2oc1=O.CNC. The molecule has 0 aliphatic rings. The number of para-hydroxylation sites is 1. The van der Waals surface area contributed by atoms with Crippen LogP contribution in [0.4, 0.5) is 0 Å². The van der Waals surface area contributed by atoms with Crippen molar-refractivity contribution in [3.05, 3.63) is 46.3 Å². The molecule has 2 aromatic rings. The first-order chi connectivity index (χ1) is 8.58. The Morgan fingerprint density at radius 2 is 1.83 bits per heavy atom. The van der Waals surface area contributed by atoms with Gasteiger partial charge in [-0.2, -0.15) is 0 Å². The van der Waals surface area contributed by atoms with Crippen LogP contribution in [0.25, 0.3) is 11.0 Å². The Kier molecular flexibility index (Phi) is 5.59. The first-order valence-corrected chi connectivity index (χ1v) is 6.18. The average molecular weight is 247 g/mol. The highest BCUT2D eigenvalue weighted by atomic mass is 16.4. The van der Waals surface area contributed by atoms with Crippen LogP contribution in [0.2, 0.25) is 0 Å². The third-order valence-electron chi connectivity index (χ3n) is 2.34. The number of benzene rings is 1. The Morgan fingerprint density at radius 3 is 2.44 bits per heavy atom. The van der Waals surface area contributed by atoms with Crippen molar-refractivity contribution in [2.45, 2.75) is 20.3 Å². The molecule has 1 N–H and O–H groups in total. The van der Waals surface area contributed by atoms with Gasteiger partial charge in [0.25, 0.3) is 0 Å². The van der Waals surface area contributed by atoms with Gasteiger partial charge in [-0.15, -0.1) is 0 Å². The lowest BCUT2D eigenvalue weighted by molar-refractivity contribution is 0.535. The van der Waals surface area contributed by atoms with Crippen LogP contribution in [0.3, 0.4) is 0 Å². The normalized spacial score (nSPS) is 10.3. The van der Waals surface area contributed by atoms with Crippen molar-refractivity contribution in [2.75, 3.05) is 14.1 Å². The second kappa shape index (κ2) is 6.97. The first kappa shape index (κ1) is 14.5. The van der Waals surface area contributed by atoms with Crippen molar-refractivity contribution in [1.82, 2.24) is 5.32 Å². The average Bonchev–Trinajstić information content (AvgIpc) is 2.30. The quantitative estimate of drug-likeness (QED) is 0.830. The Labute approximate surface area is 108 Å². The maximum Gasteiger partial charge on any atom is 0.339 e. The molecule has 1 aromatic heterocycles. The lowest BCUT2D eigenvalue weighted by atomic mass is 10.0. The van der Waals surface area contributed by atoms with Gasteiger partial charge in [-0.25, -0.2) is 4.79 Å². The predicted octanol–water partition coefficient (Wildman–Crippen LogP) is 2.83. The van der Waals surface area contributed by atoms with E-state index >= 15 is 0 Å². The van der Waals surface area contributed by atoms with Gasteiger partial charge in [-0.3, -0.25) is 0 Å². The number of fused-ring (bicyclic) bond motifs is 1. The summed E-state index contributed by atoms with van der Waals surface area (Å²) in [6, 6.07) is 9.52. The van der Waals surface area contributed by atoms with Crippen LogP contribution in [0.5, 0.6) is 0 Å². The molecule has 0 bridgehead atoms. The summed E-state index contributed by atoms with van der Waals surface area (Å²) in [6.07, 6.45) is 0.771. The molecule has 2 rings (SSSR count). The Bertz CT molecular complexity index is 543. The number of hydrogen-bond donors (Lipinski definition) is 1. The van der Waals surface area contributed by atoms with Crippen molar-refractivity contribution < 1.29 is 4.42 Å². The minimum Gasteiger partial charge on any atom is -0.423 e. The summed E-state index contributed by atoms with van der Waals surface area (Å²) in [5.41, 5.74) is 1.22. The second-order valence-electron chi connectivity index (χ2n) is 4.69. The molecule has 3 nitrogen and oxygen atoms in total.